The number of nitrogens with one attached hydrogen (secondary N) is 1. The van der Waals surface area contributed by atoms with Gasteiger partial charge in [-0.05, 0) is 57.5 Å². The van der Waals surface area contributed by atoms with Crippen molar-refractivity contribution in [1.29, 1.82) is 10.5 Å². The molecule has 0 unspecified atom stereocenters. The molecule has 0 radical (unpaired) electrons. The standard InChI is InChI=1S/C27H27N7O3/c1-16-22(8-17(11-28)13-31-16)33-24-30-7-6-21(32-24)18-9-19(12-29)23-20(10-18)27(5,15-35)14-34(23)25(36)37-26(2,3)4/h6-10,13,35H,14-15H2,1-5H3,(H,30,32,33)/t27-/m1/s1. The highest BCUT2D eigenvalue weighted by atomic mass is 16.6. The fourth-order valence-electron chi connectivity index (χ4n) is 4.16. The van der Waals surface area contributed by atoms with E-state index in [2.05, 4.69) is 32.4 Å². The highest BCUT2D eigenvalue weighted by molar-refractivity contribution is 5.95. The molecule has 37 heavy (non-hydrogen) atoms. The highest BCUT2D eigenvalue weighted by Crippen LogP contribution is 2.45. The first-order chi connectivity index (χ1) is 17.5. The number of aryl methyl sites for hydroxylation is 1. The number of pyridine rings is 1. The van der Waals surface area contributed by atoms with Gasteiger partial charge in [-0.3, -0.25) is 9.88 Å². The topological polar surface area (TPSA) is 148 Å². The van der Waals surface area contributed by atoms with Gasteiger partial charge in [-0.1, -0.05) is 6.92 Å². The fourth-order valence-corrected chi connectivity index (χ4v) is 4.16. The Kier molecular flexibility index (Phi) is 6.55. The predicted molar refractivity (Wildman–Crippen MR) is 137 cm³/mol. The number of rotatable bonds is 4. The maximum Gasteiger partial charge on any atom is 0.414 e. The zero-order valence-corrected chi connectivity index (χ0v) is 21.3. The first-order valence-electron chi connectivity index (χ1n) is 11.6. The van der Waals surface area contributed by atoms with E-state index in [1.54, 1.807) is 52.1 Å². The second-order valence-corrected chi connectivity index (χ2v) is 10.2. The minimum absolute atomic E-state index is 0.171. The molecule has 1 aliphatic heterocycles. The number of ether oxygens (including phenoxy) is 1. The molecule has 10 heteroatoms. The number of hydrogen-bond donors (Lipinski definition) is 2. The van der Waals surface area contributed by atoms with Crippen LogP contribution in [-0.2, 0) is 10.2 Å². The van der Waals surface area contributed by atoms with Gasteiger partial charge in [0.05, 0.1) is 40.5 Å². The summed E-state index contributed by atoms with van der Waals surface area (Å²) in [4.78, 5) is 27.5. The summed E-state index contributed by atoms with van der Waals surface area (Å²) in [6, 6.07) is 11.1. The third kappa shape index (κ3) is 5.06. The van der Waals surface area contributed by atoms with Crippen molar-refractivity contribution in [2.45, 2.75) is 45.6 Å². The lowest BCUT2D eigenvalue weighted by molar-refractivity contribution is 0.0575. The van der Waals surface area contributed by atoms with Gasteiger partial charge in [0.1, 0.15) is 17.7 Å². The number of nitrogens with zero attached hydrogens (tertiary/aromatic N) is 6. The van der Waals surface area contributed by atoms with E-state index in [1.165, 1.54) is 11.1 Å². The number of anilines is 3. The second kappa shape index (κ2) is 9.49. The van der Waals surface area contributed by atoms with Gasteiger partial charge in [-0.15, -0.1) is 0 Å². The van der Waals surface area contributed by atoms with Crippen molar-refractivity contribution in [3.63, 3.8) is 0 Å². The van der Waals surface area contributed by atoms with Crippen molar-refractivity contribution in [3.8, 4) is 23.4 Å². The number of benzene rings is 1. The molecule has 1 atom stereocenters. The quantitative estimate of drug-likeness (QED) is 0.537. The number of amides is 1. The maximum absolute atomic E-state index is 13.0. The molecule has 2 N–H and O–H groups in total. The maximum atomic E-state index is 13.0. The van der Waals surface area contributed by atoms with Crippen LogP contribution in [0.4, 0.5) is 22.1 Å². The van der Waals surface area contributed by atoms with Gasteiger partial charge in [-0.25, -0.2) is 14.8 Å². The Hall–Kier alpha value is -4.54. The van der Waals surface area contributed by atoms with Gasteiger partial charge in [0, 0.05) is 29.9 Å². The number of aliphatic hydroxyl groups excluding tert-OH is 1. The summed E-state index contributed by atoms with van der Waals surface area (Å²) in [6.45, 7) is 8.91. The van der Waals surface area contributed by atoms with Crippen molar-refractivity contribution in [2.24, 2.45) is 0 Å². The van der Waals surface area contributed by atoms with E-state index in [4.69, 9.17) is 4.74 Å². The van der Waals surface area contributed by atoms with E-state index < -0.39 is 17.1 Å². The number of aromatic nitrogens is 3. The van der Waals surface area contributed by atoms with Crippen LogP contribution < -0.4 is 10.2 Å². The van der Waals surface area contributed by atoms with Crippen LogP contribution in [0.25, 0.3) is 11.3 Å². The normalized spacial score (nSPS) is 16.5. The van der Waals surface area contributed by atoms with Crippen molar-refractivity contribution in [1.82, 2.24) is 15.0 Å². The van der Waals surface area contributed by atoms with Crippen LogP contribution in [0.2, 0.25) is 0 Å². The Bertz CT molecular complexity index is 1470. The molecule has 0 fully saturated rings. The Labute approximate surface area is 215 Å². The second-order valence-electron chi connectivity index (χ2n) is 10.2. The van der Waals surface area contributed by atoms with E-state index in [1.807, 2.05) is 13.0 Å². The lowest BCUT2D eigenvalue weighted by atomic mass is 9.83. The van der Waals surface area contributed by atoms with Gasteiger partial charge >= 0.3 is 6.09 Å². The number of nitriles is 2. The van der Waals surface area contributed by atoms with Gasteiger partial charge in [0.25, 0.3) is 0 Å². The van der Waals surface area contributed by atoms with E-state index in [0.29, 0.717) is 39.5 Å². The molecule has 2 aromatic heterocycles. The third-order valence-corrected chi connectivity index (χ3v) is 6.03. The van der Waals surface area contributed by atoms with Crippen LogP contribution in [0.5, 0.6) is 0 Å². The summed E-state index contributed by atoms with van der Waals surface area (Å²) in [5.41, 5.74) is 2.69. The molecular formula is C27H27N7O3. The third-order valence-electron chi connectivity index (χ3n) is 6.03. The average Bonchev–Trinajstić information content (AvgIpc) is 3.17. The smallest absolute Gasteiger partial charge is 0.414 e. The van der Waals surface area contributed by atoms with Crippen LogP contribution in [0.15, 0.2) is 36.7 Å². The number of hydrogen-bond acceptors (Lipinski definition) is 9. The molecule has 3 aromatic rings. The van der Waals surface area contributed by atoms with Crippen LogP contribution in [0.3, 0.4) is 0 Å². The average molecular weight is 498 g/mol. The van der Waals surface area contributed by atoms with Crippen molar-refractivity contribution < 1.29 is 14.6 Å². The largest absolute Gasteiger partial charge is 0.443 e. The Balaban J connectivity index is 1.77. The van der Waals surface area contributed by atoms with Crippen LogP contribution in [-0.4, -0.2) is 44.9 Å². The molecule has 0 spiro atoms. The van der Waals surface area contributed by atoms with Crippen LogP contribution >= 0.6 is 0 Å². The van der Waals surface area contributed by atoms with Crippen molar-refractivity contribution in [3.05, 3.63) is 59.0 Å². The number of aliphatic hydroxyl groups is 1. The van der Waals surface area contributed by atoms with Gasteiger partial charge in [0.2, 0.25) is 5.95 Å². The van der Waals surface area contributed by atoms with Crippen LogP contribution in [0, 0.1) is 29.6 Å². The van der Waals surface area contributed by atoms with Crippen LogP contribution in [0.1, 0.15) is 50.1 Å². The number of fused-ring (bicyclic) bond motifs is 1. The van der Waals surface area contributed by atoms with Gasteiger partial charge in [-0.2, -0.15) is 10.5 Å². The van der Waals surface area contributed by atoms with Crippen molar-refractivity contribution in [2.75, 3.05) is 23.4 Å². The molecule has 0 aliphatic carbocycles. The van der Waals surface area contributed by atoms with Crippen molar-refractivity contribution >= 4 is 23.4 Å². The SMILES string of the molecule is Cc1ncc(C#N)cc1Nc1nccc(-c2cc(C#N)c3c(c2)[C@@](C)(CO)CN3C(=O)OC(C)(C)C)n1. The first kappa shape index (κ1) is 25.5. The van der Waals surface area contributed by atoms with Gasteiger partial charge in [0.15, 0.2) is 0 Å². The minimum atomic E-state index is -0.803. The van der Waals surface area contributed by atoms with E-state index in [0.717, 1.165) is 0 Å². The zero-order chi connectivity index (χ0) is 27.0. The molecule has 4 rings (SSSR count). The molecule has 1 aromatic carbocycles. The summed E-state index contributed by atoms with van der Waals surface area (Å²) in [5.74, 6) is 0.289. The van der Waals surface area contributed by atoms with Gasteiger partial charge < -0.3 is 15.2 Å². The molecule has 10 nitrogen and oxygen atoms in total. The lowest BCUT2D eigenvalue weighted by Gasteiger charge is -2.26. The molecule has 0 bridgehead atoms. The summed E-state index contributed by atoms with van der Waals surface area (Å²) < 4.78 is 5.57. The molecule has 3 heterocycles. The highest BCUT2D eigenvalue weighted by Gasteiger charge is 2.44. The zero-order valence-electron chi connectivity index (χ0n) is 21.3. The fraction of sp³-hybridized carbons (Fsp3) is 0.333. The Morgan fingerprint density at radius 1 is 1.24 bits per heavy atom. The minimum Gasteiger partial charge on any atom is -0.443 e. The number of carbonyl (C=O) groups excluding carboxylic acids is 1. The van der Waals surface area contributed by atoms with E-state index in [9.17, 15) is 20.4 Å². The summed E-state index contributed by atoms with van der Waals surface area (Å²) in [5, 5.41) is 32.6. The first-order valence-corrected chi connectivity index (χ1v) is 11.6. The molecule has 1 aliphatic rings. The summed E-state index contributed by atoms with van der Waals surface area (Å²) in [7, 11) is 0. The molecular weight excluding hydrogens is 470 g/mol. The summed E-state index contributed by atoms with van der Waals surface area (Å²) in [6.07, 6.45) is 2.50. The Morgan fingerprint density at radius 3 is 2.65 bits per heavy atom. The Morgan fingerprint density at radius 2 is 2.00 bits per heavy atom. The lowest BCUT2D eigenvalue weighted by Crippen LogP contribution is -2.40. The molecule has 188 valence electrons. The predicted octanol–water partition coefficient (Wildman–Crippen LogP) is 4.34. The monoisotopic (exact) mass is 497 g/mol. The van der Waals surface area contributed by atoms with E-state index in [-0.39, 0.29) is 24.7 Å². The summed E-state index contributed by atoms with van der Waals surface area (Å²) >= 11 is 0. The molecule has 1 amide bonds. The molecule has 0 saturated heterocycles. The molecule has 0 saturated carbocycles. The number of carbonyl (C=O) groups is 1. The van der Waals surface area contributed by atoms with E-state index >= 15 is 0 Å².